The van der Waals surface area contributed by atoms with Gasteiger partial charge in [0, 0.05) is 13.1 Å². The molecule has 2 aliphatic rings. The predicted octanol–water partition coefficient (Wildman–Crippen LogP) is 0.0225. The molecule has 2 aliphatic heterocycles. The molecule has 0 bridgehead atoms. The summed E-state index contributed by atoms with van der Waals surface area (Å²) in [6.45, 7) is 4.93. The van der Waals surface area contributed by atoms with E-state index in [-0.39, 0.29) is 18.0 Å². The van der Waals surface area contributed by atoms with E-state index < -0.39 is 0 Å². The van der Waals surface area contributed by atoms with Crippen LogP contribution in [0.4, 0.5) is 4.79 Å². The van der Waals surface area contributed by atoms with Gasteiger partial charge in [-0.15, -0.1) is 0 Å². The number of nitrogens with one attached hydrogen (secondary N) is 1. The highest BCUT2D eigenvalue weighted by molar-refractivity contribution is 5.98. The number of amides is 3. The first-order chi connectivity index (χ1) is 7.20. The third-order valence-corrected chi connectivity index (χ3v) is 3.17. The molecule has 0 spiro atoms. The predicted molar refractivity (Wildman–Crippen MR) is 55.4 cm³/mol. The van der Waals surface area contributed by atoms with Crippen molar-refractivity contribution in [2.45, 2.75) is 25.8 Å². The highest BCUT2D eigenvalue weighted by Gasteiger charge is 2.33. The molecule has 1 atom stereocenters. The van der Waals surface area contributed by atoms with Crippen LogP contribution in [0, 0.1) is 0 Å². The number of hydrogen-bond donors (Lipinski definition) is 1. The van der Waals surface area contributed by atoms with Gasteiger partial charge in [0.25, 0.3) is 0 Å². The van der Waals surface area contributed by atoms with Crippen LogP contribution in [-0.2, 0) is 4.79 Å². The minimum atomic E-state index is -0.244. The van der Waals surface area contributed by atoms with Gasteiger partial charge >= 0.3 is 6.03 Å². The summed E-state index contributed by atoms with van der Waals surface area (Å²) in [5.74, 6) is -0.0631. The van der Waals surface area contributed by atoms with E-state index in [0.29, 0.717) is 13.1 Å². The maximum atomic E-state index is 12.0. The van der Waals surface area contributed by atoms with Gasteiger partial charge in [0.05, 0.1) is 6.04 Å². The van der Waals surface area contributed by atoms with Gasteiger partial charge in [-0.1, -0.05) is 0 Å². The lowest BCUT2D eigenvalue weighted by molar-refractivity contribution is -0.132. The van der Waals surface area contributed by atoms with Gasteiger partial charge in [0.15, 0.2) is 0 Å². The van der Waals surface area contributed by atoms with Gasteiger partial charge in [-0.05, 0) is 32.9 Å². The van der Waals surface area contributed by atoms with Crippen LogP contribution in [0.3, 0.4) is 0 Å². The van der Waals surface area contributed by atoms with Crippen molar-refractivity contribution in [2.75, 3.05) is 26.2 Å². The Balaban J connectivity index is 1.97. The molecule has 3 amide bonds. The maximum absolute atomic E-state index is 12.0. The first kappa shape index (κ1) is 10.4. The van der Waals surface area contributed by atoms with Crippen molar-refractivity contribution in [1.29, 1.82) is 0 Å². The fourth-order valence-corrected chi connectivity index (χ4v) is 2.19. The summed E-state index contributed by atoms with van der Waals surface area (Å²) in [6, 6.07) is -0.401. The second-order valence-corrected chi connectivity index (χ2v) is 4.14. The summed E-state index contributed by atoms with van der Waals surface area (Å²) in [7, 11) is 0. The maximum Gasteiger partial charge on any atom is 0.324 e. The molecule has 0 saturated carbocycles. The zero-order chi connectivity index (χ0) is 10.8. The fraction of sp³-hybridized carbons (Fsp3) is 0.800. The first-order valence-corrected chi connectivity index (χ1v) is 5.53. The molecule has 5 heteroatoms. The Morgan fingerprint density at radius 2 is 2.00 bits per heavy atom. The molecule has 2 rings (SSSR count). The number of hydrogen-bond acceptors (Lipinski definition) is 3. The molecule has 84 valence electrons. The molecule has 5 nitrogen and oxygen atoms in total. The van der Waals surface area contributed by atoms with Crippen molar-refractivity contribution in [2.24, 2.45) is 0 Å². The van der Waals surface area contributed by atoms with Crippen LogP contribution in [0.15, 0.2) is 0 Å². The summed E-state index contributed by atoms with van der Waals surface area (Å²) >= 11 is 0. The Kier molecular flexibility index (Phi) is 2.90. The van der Waals surface area contributed by atoms with E-state index in [1.165, 1.54) is 4.90 Å². The highest BCUT2D eigenvalue weighted by atomic mass is 16.2. The molecule has 1 N–H and O–H groups in total. The molecule has 0 aromatic carbocycles. The topological polar surface area (TPSA) is 52.7 Å². The molecule has 0 aromatic heterocycles. The molecule has 0 radical (unpaired) electrons. The summed E-state index contributed by atoms with van der Waals surface area (Å²) in [4.78, 5) is 26.7. The Morgan fingerprint density at radius 1 is 1.33 bits per heavy atom. The second-order valence-electron chi connectivity index (χ2n) is 4.14. The lowest BCUT2D eigenvalue weighted by Gasteiger charge is -2.25. The summed E-state index contributed by atoms with van der Waals surface area (Å²) < 4.78 is 0. The van der Waals surface area contributed by atoms with E-state index >= 15 is 0 Å². The zero-order valence-corrected chi connectivity index (χ0v) is 9.03. The van der Waals surface area contributed by atoms with Crippen molar-refractivity contribution in [1.82, 2.24) is 15.1 Å². The van der Waals surface area contributed by atoms with E-state index in [1.54, 1.807) is 0 Å². The van der Waals surface area contributed by atoms with E-state index in [4.69, 9.17) is 0 Å². The normalized spacial score (nSPS) is 24.3. The number of likely N-dealkylation sites (tertiary alicyclic amines) is 1. The number of carbonyl (C=O) groups excluding carboxylic acids is 2. The standard InChI is InChI=1S/C10H17N3O2/c1-8(12-5-2-3-6-12)9(14)13-7-4-11-10(13)15/h8H,2-7H2,1H3,(H,11,15)/t8-/m0/s1. The molecule has 0 unspecified atom stereocenters. The zero-order valence-electron chi connectivity index (χ0n) is 9.03. The molecule has 0 aliphatic carbocycles. The van der Waals surface area contributed by atoms with Crippen molar-refractivity contribution in [3.8, 4) is 0 Å². The highest BCUT2D eigenvalue weighted by Crippen LogP contribution is 2.14. The van der Waals surface area contributed by atoms with Crippen molar-refractivity contribution < 1.29 is 9.59 Å². The number of rotatable bonds is 2. The van der Waals surface area contributed by atoms with E-state index in [0.717, 1.165) is 25.9 Å². The number of urea groups is 1. The first-order valence-electron chi connectivity index (χ1n) is 5.53. The molecular formula is C10H17N3O2. The smallest absolute Gasteiger partial charge is 0.324 e. The number of carbonyl (C=O) groups is 2. The SMILES string of the molecule is C[C@@H](C(=O)N1CCNC1=O)N1CCCC1. The molecule has 2 fully saturated rings. The van der Waals surface area contributed by atoms with Crippen LogP contribution in [0.5, 0.6) is 0 Å². The molecule has 15 heavy (non-hydrogen) atoms. The van der Waals surface area contributed by atoms with Crippen LogP contribution in [0.1, 0.15) is 19.8 Å². The monoisotopic (exact) mass is 211 g/mol. The van der Waals surface area contributed by atoms with Crippen molar-refractivity contribution in [3.63, 3.8) is 0 Å². The van der Waals surface area contributed by atoms with Crippen molar-refractivity contribution in [3.05, 3.63) is 0 Å². The lowest BCUT2D eigenvalue weighted by atomic mass is 10.2. The second kappa shape index (κ2) is 4.18. The quantitative estimate of drug-likeness (QED) is 0.700. The third-order valence-electron chi connectivity index (χ3n) is 3.17. The van der Waals surface area contributed by atoms with Gasteiger partial charge < -0.3 is 5.32 Å². The Bertz CT molecular complexity index is 274. The van der Waals surface area contributed by atoms with Gasteiger partial charge in [0.2, 0.25) is 5.91 Å². The van der Waals surface area contributed by atoms with Gasteiger partial charge in [-0.2, -0.15) is 0 Å². The average molecular weight is 211 g/mol. The van der Waals surface area contributed by atoms with Crippen LogP contribution in [0.25, 0.3) is 0 Å². The summed E-state index contributed by atoms with van der Waals surface area (Å²) in [6.07, 6.45) is 2.31. The molecule has 2 saturated heterocycles. The van der Waals surface area contributed by atoms with E-state index in [2.05, 4.69) is 10.2 Å². The van der Waals surface area contributed by atoms with Crippen molar-refractivity contribution >= 4 is 11.9 Å². The van der Waals surface area contributed by atoms with Gasteiger partial charge in [0.1, 0.15) is 0 Å². The minimum absolute atomic E-state index is 0.0631. The Morgan fingerprint density at radius 3 is 2.53 bits per heavy atom. The van der Waals surface area contributed by atoms with Gasteiger partial charge in [-0.25, -0.2) is 4.79 Å². The van der Waals surface area contributed by atoms with Crippen LogP contribution in [0.2, 0.25) is 0 Å². The van der Waals surface area contributed by atoms with Crippen LogP contribution in [-0.4, -0.2) is 54.0 Å². The fourth-order valence-electron chi connectivity index (χ4n) is 2.19. The summed E-state index contributed by atoms with van der Waals surface area (Å²) in [5, 5.41) is 2.64. The number of nitrogens with zero attached hydrogens (tertiary/aromatic N) is 2. The summed E-state index contributed by atoms with van der Waals surface area (Å²) in [5.41, 5.74) is 0. The largest absolute Gasteiger partial charge is 0.336 e. The lowest BCUT2D eigenvalue weighted by Crippen LogP contribution is -2.47. The third kappa shape index (κ3) is 1.97. The average Bonchev–Trinajstić information content (AvgIpc) is 2.85. The van der Waals surface area contributed by atoms with E-state index in [1.807, 2.05) is 6.92 Å². The molecular weight excluding hydrogens is 194 g/mol. The number of imide groups is 1. The molecule has 2 heterocycles. The van der Waals surface area contributed by atoms with E-state index in [9.17, 15) is 9.59 Å². The Labute approximate surface area is 89.4 Å². The molecule has 0 aromatic rings. The van der Waals surface area contributed by atoms with Gasteiger partial charge in [-0.3, -0.25) is 14.6 Å². The minimum Gasteiger partial charge on any atom is -0.336 e. The van der Waals surface area contributed by atoms with Crippen LogP contribution >= 0.6 is 0 Å². The van der Waals surface area contributed by atoms with Crippen LogP contribution < -0.4 is 5.32 Å². The Hall–Kier alpha value is -1.10.